The highest BCUT2D eigenvalue weighted by atomic mass is 79.9. The first-order chi connectivity index (χ1) is 11.5. The molecule has 5 heteroatoms. The maximum atomic E-state index is 12.5. The fourth-order valence-corrected chi connectivity index (χ4v) is 3.37. The Balaban J connectivity index is 2.06. The summed E-state index contributed by atoms with van der Waals surface area (Å²) in [6.45, 7) is 5.09. The van der Waals surface area contributed by atoms with E-state index in [1.807, 2.05) is 18.2 Å². The van der Waals surface area contributed by atoms with Gasteiger partial charge in [0.15, 0.2) is 0 Å². The molecule has 0 spiro atoms. The zero-order valence-electron chi connectivity index (χ0n) is 14.2. The van der Waals surface area contributed by atoms with Crippen LogP contribution in [0.2, 0.25) is 0 Å². The van der Waals surface area contributed by atoms with E-state index >= 15 is 0 Å². The van der Waals surface area contributed by atoms with Crippen molar-refractivity contribution in [1.82, 2.24) is 9.55 Å². The molecule has 0 bridgehead atoms. The summed E-state index contributed by atoms with van der Waals surface area (Å²) in [7, 11) is 1.79. The lowest BCUT2D eigenvalue weighted by atomic mass is 10.1. The molecule has 0 saturated carbocycles. The predicted octanol–water partition coefficient (Wildman–Crippen LogP) is 4.66. The van der Waals surface area contributed by atoms with Crippen LogP contribution in [0.5, 0.6) is 5.75 Å². The number of hydrogen-bond acceptors (Lipinski definition) is 3. The molecule has 2 aromatic heterocycles. The molecule has 1 aromatic carbocycles. The molecule has 3 aromatic rings. The third-order valence-corrected chi connectivity index (χ3v) is 4.86. The second kappa shape index (κ2) is 6.93. The van der Waals surface area contributed by atoms with Crippen molar-refractivity contribution >= 4 is 37.6 Å². The molecule has 4 nitrogen and oxygen atoms in total. The van der Waals surface area contributed by atoms with Gasteiger partial charge < -0.3 is 9.30 Å². The Hall–Kier alpha value is -1.88. The molecule has 0 amide bonds. The van der Waals surface area contributed by atoms with Gasteiger partial charge in [-0.3, -0.25) is 9.78 Å². The number of ether oxygens (including phenoxy) is 1. The molecule has 3 rings (SSSR count). The first kappa shape index (κ1) is 17.0. The fourth-order valence-electron chi connectivity index (χ4n) is 2.91. The van der Waals surface area contributed by atoms with Crippen LogP contribution in [0.1, 0.15) is 26.7 Å². The summed E-state index contributed by atoms with van der Waals surface area (Å²) < 4.78 is 8.49. The number of nitrogens with zero attached hydrogens (tertiary/aromatic N) is 2. The number of hydrogen-bond donors (Lipinski definition) is 0. The first-order valence-corrected chi connectivity index (χ1v) is 8.97. The number of aromatic nitrogens is 2. The van der Waals surface area contributed by atoms with Gasteiger partial charge in [0.25, 0.3) is 5.56 Å². The van der Waals surface area contributed by atoms with E-state index in [0.717, 1.165) is 39.4 Å². The third kappa shape index (κ3) is 3.18. The Bertz CT molecular complexity index is 947. The smallest absolute Gasteiger partial charge is 0.260 e. The van der Waals surface area contributed by atoms with E-state index in [9.17, 15) is 4.79 Å². The molecule has 0 atom stereocenters. The minimum atomic E-state index is -0.0429. The van der Waals surface area contributed by atoms with Crippen LogP contribution in [0, 0.1) is 5.92 Å². The maximum Gasteiger partial charge on any atom is 0.260 e. The number of fused-ring (bicyclic) bond motifs is 3. The van der Waals surface area contributed by atoms with Crippen LogP contribution in [0.15, 0.2) is 39.9 Å². The molecule has 0 radical (unpaired) electrons. The van der Waals surface area contributed by atoms with E-state index in [2.05, 4.69) is 34.8 Å². The Morgan fingerprint density at radius 3 is 2.79 bits per heavy atom. The summed E-state index contributed by atoms with van der Waals surface area (Å²) in [5.41, 5.74) is 0.819. The SMILES string of the molecule is CC(C)CCCOc1cc2c(cc1Br)c1ccncc1c(=O)n2C. The van der Waals surface area contributed by atoms with Gasteiger partial charge in [0, 0.05) is 30.9 Å². The van der Waals surface area contributed by atoms with Gasteiger partial charge >= 0.3 is 0 Å². The number of benzene rings is 1. The van der Waals surface area contributed by atoms with Crippen molar-refractivity contribution in [3.05, 3.63) is 45.4 Å². The second-order valence-electron chi connectivity index (χ2n) is 6.47. The summed E-state index contributed by atoms with van der Waals surface area (Å²) in [4.78, 5) is 16.6. The largest absolute Gasteiger partial charge is 0.492 e. The van der Waals surface area contributed by atoms with Gasteiger partial charge in [-0.15, -0.1) is 0 Å². The van der Waals surface area contributed by atoms with Crippen molar-refractivity contribution in [2.24, 2.45) is 13.0 Å². The Morgan fingerprint density at radius 2 is 2.04 bits per heavy atom. The molecule has 0 aliphatic rings. The molecule has 0 unspecified atom stereocenters. The van der Waals surface area contributed by atoms with Crippen LogP contribution in [-0.4, -0.2) is 16.2 Å². The van der Waals surface area contributed by atoms with Gasteiger partial charge in [-0.1, -0.05) is 13.8 Å². The molecule has 0 aliphatic heterocycles. The van der Waals surface area contributed by atoms with Gasteiger partial charge in [-0.05, 0) is 52.2 Å². The van der Waals surface area contributed by atoms with Crippen LogP contribution in [0.4, 0.5) is 0 Å². The average molecular weight is 389 g/mol. The van der Waals surface area contributed by atoms with Gasteiger partial charge in [-0.25, -0.2) is 0 Å². The molecule has 0 N–H and O–H groups in total. The lowest BCUT2D eigenvalue weighted by Crippen LogP contribution is -2.17. The third-order valence-electron chi connectivity index (χ3n) is 4.24. The maximum absolute atomic E-state index is 12.5. The number of aryl methyl sites for hydroxylation is 1. The fraction of sp³-hybridized carbons (Fsp3) is 0.368. The quantitative estimate of drug-likeness (QED) is 0.471. The highest BCUT2D eigenvalue weighted by Gasteiger charge is 2.12. The summed E-state index contributed by atoms with van der Waals surface area (Å²) >= 11 is 3.60. The lowest BCUT2D eigenvalue weighted by molar-refractivity contribution is 0.296. The summed E-state index contributed by atoms with van der Waals surface area (Å²) in [6, 6.07) is 5.85. The number of rotatable bonds is 5. The summed E-state index contributed by atoms with van der Waals surface area (Å²) in [5.74, 6) is 1.45. The molecule has 24 heavy (non-hydrogen) atoms. The highest BCUT2D eigenvalue weighted by Crippen LogP contribution is 2.33. The normalized spacial score (nSPS) is 11.5. The summed E-state index contributed by atoms with van der Waals surface area (Å²) in [6.07, 6.45) is 5.50. The molecule has 0 aliphatic carbocycles. The zero-order valence-corrected chi connectivity index (χ0v) is 15.8. The van der Waals surface area contributed by atoms with Crippen molar-refractivity contribution in [2.75, 3.05) is 6.61 Å². The van der Waals surface area contributed by atoms with Crippen molar-refractivity contribution in [1.29, 1.82) is 0 Å². The Labute approximate surface area is 149 Å². The van der Waals surface area contributed by atoms with E-state index in [1.54, 1.807) is 24.0 Å². The number of halogens is 1. The standard InChI is InChI=1S/C19H21BrN2O2/c1-12(2)5-4-8-24-18-10-17-14(9-16(18)20)13-6-7-21-11-15(13)19(23)22(17)3/h6-7,9-12H,4-5,8H2,1-3H3. The summed E-state index contributed by atoms with van der Waals surface area (Å²) in [5, 5.41) is 2.55. The van der Waals surface area contributed by atoms with Gasteiger partial charge in [0.05, 0.1) is 22.0 Å². The van der Waals surface area contributed by atoms with Crippen molar-refractivity contribution in [3.63, 3.8) is 0 Å². The molecular weight excluding hydrogens is 368 g/mol. The van der Waals surface area contributed by atoms with Crippen LogP contribution in [0.3, 0.4) is 0 Å². The van der Waals surface area contributed by atoms with Gasteiger partial charge in [-0.2, -0.15) is 0 Å². The molecule has 2 heterocycles. The molecular formula is C19H21BrN2O2. The van der Waals surface area contributed by atoms with Crippen LogP contribution in [0.25, 0.3) is 21.7 Å². The van der Waals surface area contributed by atoms with Crippen LogP contribution in [-0.2, 0) is 7.05 Å². The van der Waals surface area contributed by atoms with Gasteiger partial charge in [0.1, 0.15) is 5.75 Å². The van der Waals surface area contributed by atoms with E-state index < -0.39 is 0 Å². The molecule has 126 valence electrons. The minimum absolute atomic E-state index is 0.0429. The van der Waals surface area contributed by atoms with E-state index in [1.165, 1.54) is 0 Å². The molecule has 0 saturated heterocycles. The minimum Gasteiger partial charge on any atom is -0.492 e. The second-order valence-corrected chi connectivity index (χ2v) is 7.32. The van der Waals surface area contributed by atoms with Crippen LogP contribution >= 0.6 is 15.9 Å². The van der Waals surface area contributed by atoms with E-state index in [0.29, 0.717) is 17.9 Å². The van der Waals surface area contributed by atoms with Crippen LogP contribution < -0.4 is 10.3 Å². The monoisotopic (exact) mass is 388 g/mol. The van der Waals surface area contributed by atoms with E-state index in [-0.39, 0.29) is 5.56 Å². The first-order valence-electron chi connectivity index (χ1n) is 8.18. The zero-order chi connectivity index (χ0) is 17.3. The van der Waals surface area contributed by atoms with Crippen molar-refractivity contribution in [2.45, 2.75) is 26.7 Å². The van der Waals surface area contributed by atoms with Crippen molar-refractivity contribution < 1.29 is 4.74 Å². The van der Waals surface area contributed by atoms with Crippen molar-refractivity contribution in [3.8, 4) is 5.75 Å². The predicted molar refractivity (Wildman–Crippen MR) is 102 cm³/mol. The average Bonchev–Trinajstić information content (AvgIpc) is 2.57. The highest BCUT2D eigenvalue weighted by molar-refractivity contribution is 9.10. The number of pyridine rings is 2. The Morgan fingerprint density at radius 1 is 1.25 bits per heavy atom. The Kier molecular flexibility index (Phi) is 4.90. The molecule has 0 fully saturated rings. The topological polar surface area (TPSA) is 44.1 Å². The lowest BCUT2D eigenvalue weighted by Gasteiger charge is -2.14. The van der Waals surface area contributed by atoms with Gasteiger partial charge in [0.2, 0.25) is 0 Å². The van der Waals surface area contributed by atoms with E-state index in [4.69, 9.17) is 4.74 Å².